The number of thiazole rings is 1. The van der Waals surface area contributed by atoms with Crippen LogP contribution < -0.4 is 10.1 Å². The molecule has 7 nitrogen and oxygen atoms in total. The van der Waals surface area contributed by atoms with Gasteiger partial charge in [-0.05, 0) is 24.3 Å². The first-order chi connectivity index (χ1) is 13.1. The lowest BCUT2D eigenvalue weighted by Crippen LogP contribution is -2.35. The van der Waals surface area contributed by atoms with Gasteiger partial charge in [-0.2, -0.15) is 0 Å². The molecule has 3 rings (SSSR count). The van der Waals surface area contributed by atoms with E-state index in [4.69, 9.17) is 9.47 Å². The van der Waals surface area contributed by atoms with Gasteiger partial charge in [0.2, 0.25) is 5.91 Å². The average Bonchev–Trinajstić information content (AvgIpc) is 3.09. The molecular formula is C18H21N3O4S2. The predicted molar refractivity (Wildman–Crippen MR) is 106 cm³/mol. The number of carbonyl (C=O) groups excluding carboxylic acids is 2. The van der Waals surface area contributed by atoms with E-state index in [1.807, 2.05) is 24.3 Å². The van der Waals surface area contributed by atoms with Crippen LogP contribution in [-0.2, 0) is 22.5 Å². The summed E-state index contributed by atoms with van der Waals surface area (Å²) in [4.78, 5) is 32.0. The summed E-state index contributed by atoms with van der Waals surface area (Å²) in [5, 5.41) is 3.45. The average molecular weight is 408 g/mol. The predicted octanol–water partition coefficient (Wildman–Crippen LogP) is 3.40. The quantitative estimate of drug-likeness (QED) is 0.739. The smallest absolute Gasteiger partial charge is 0.409 e. The molecule has 0 unspecified atom stereocenters. The van der Waals surface area contributed by atoms with Crippen molar-refractivity contribution in [2.24, 2.45) is 0 Å². The third kappa shape index (κ3) is 5.14. The minimum absolute atomic E-state index is 0.0630. The van der Waals surface area contributed by atoms with E-state index < -0.39 is 0 Å². The van der Waals surface area contributed by atoms with Crippen LogP contribution in [0.4, 0.5) is 9.93 Å². The van der Waals surface area contributed by atoms with E-state index >= 15 is 0 Å². The number of hydrogen-bond acceptors (Lipinski definition) is 7. The summed E-state index contributed by atoms with van der Waals surface area (Å²) in [6.45, 7) is 1.05. The summed E-state index contributed by atoms with van der Waals surface area (Å²) < 4.78 is 9.89. The number of aromatic nitrogens is 1. The Morgan fingerprint density at radius 3 is 2.78 bits per heavy atom. The summed E-state index contributed by atoms with van der Waals surface area (Å²) >= 11 is 3.04. The van der Waals surface area contributed by atoms with E-state index in [1.54, 1.807) is 23.8 Å². The summed E-state index contributed by atoms with van der Waals surface area (Å²) in [5.41, 5.74) is 0.947. The van der Waals surface area contributed by atoms with Gasteiger partial charge in [0.15, 0.2) is 5.13 Å². The summed E-state index contributed by atoms with van der Waals surface area (Å²) in [7, 11) is 3.01. The lowest BCUT2D eigenvalue weighted by molar-refractivity contribution is -0.115. The lowest BCUT2D eigenvalue weighted by atomic mass is 10.2. The number of nitrogens with one attached hydrogen (secondary N) is 1. The van der Waals surface area contributed by atoms with Crippen LogP contribution in [0.15, 0.2) is 29.2 Å². The van der Waals surface area contributed by atoms with Gasteiger partial charge in [0.05, 0.1) is 26.5 Å². The molecule has 1 aromatic heterocycles. The molecule has 1 aliphatic heterocycles. The van der Waals surface area contributed by atoms with Crippen molar-refractivity contribution < 1.29 is 19.1 Å². The van der Waals surface area contributed by atoms with Gasteiger partial charge in [-0.3, -0.25) is 4.79 Å². The fourth-order valence-corrected chi connectivity index (χ4v) is 4.54. The van der Waals surface area contributed by atoms with E-state index in [9.17, 15) is 9.59 Å². The van der Waals surface area contributed by atoms with E-state index in [1.165, 1.54) is 18.4 Å². The van der Waals surface area contributed by atoms with Crippen LogP contribution in [0.1, 0.15) is 17.0 Å². The number of benzene rings is 1. The van der Waals surface area contributed by atoms with Crippen LogP contribution >= 0.6 is 23.1 Å². The summed E-state index contributed by atoms with van der Waals surface area (Å²) in [6.07, 6.45) is 0.731. The molecule has 0 fully saturated rings. The van der Waals surface area contributed by atoms with E-state index in [-0.39, 0.29) is 12.0 Å². The second kappa shape index (κ2) is 9.09. The first kappa shape index (κ1) is 19.5. The maximum Gasteiger partial charge on any atom is 0.409 e. The van der Waals surface area contributed by atoms with Gasteiger partial charge in [0.1, 0.15) is 5.75 Å². The topological polar surface area (TPSA) is 80.8 Å². The molecule has 0 saturated heterocycles. The van der Waals surface area contributed by atoms with Gasteiger partial charge >= 0.3 is 6.09 Å². The van der Waals surface area contributed by atoms with Crippen LogP contribution in [0, 0.1) is 0 Å². The zero-order chi connectivity index (χ0) is 19.2. The Labute approximate surface area is 166 Å². The standard InChI is InChI=1S/C18H21N3O4S2/c1-24-12-3-5-13(6-4-12)26-10-8-16(22)20-17-19-14-7-9-21(18(23)25-2)11-15(14)27-17/h3-6H,7-11H2,1-2H3,(H,19,20,22). The molecule has 2 heterocycles. The van der Waals surface area contributed by atoms with Gasteiger partial charge in [0.25, 0.3) is 0 Å². The monoisotopic (exact) mass is 407 g/mol. The number of amides is 2. The number of hydrogen-bond donors (Lipinski definition) is 1. The molecule has 144 valence electrons. The van der Waals surface area contributed by atoms with E-state index in [2.05, 4.69) is 10.3 Å². The number of ether oxygens (including phenoxy) is 2. The van der Waals surface area contributed by atoms with Crippen LogP contribution in [-0.4, -0.2) is 48.4 Å². The fourth-order valence-electron chi connectivity index (χ4n) is 2.65. The molecule has 9 heteroatoms. The number of methoxy groups -OCH3 is 2. The molecule has 27 heavy (non-hydrogen) atoms. The van der Waals surface area contributed by atoms with Gasteiger partial charge in [0, 0.05) is 34.9 Å². The fraction of sp³-hybridized carbons (Fsp3) is 0.389. The highest BCUT2D eigenvalue weighted by Gasteiger charge is 2.24. The summed E-state index contributed by atoms with van der Waals surface area (Å²) in [6, 6.07) is 7.76. The third-order valence-electron chi connectivity index (χ3n) is 4.07. The van der Waals surface area contributed by atoms with Gasteiger partial charge < -0.3 is 19.7 Å². The van der Waals surface area contributed by atoms with Crippen molar-refractivity contribution in [1.82, 2.24) is 9.88 Å². The van der Waals surface area contributed by atoms with Crippen molar-refractivity contribution in [3.05, 3.63) is 34.8 Å². The second-order valence-electron chi connectivity index (χ2n) is 5.85. The van der Waals surface area contributed by atoms with Crippen molar-refractivity contribution >= 4 is 40.2 Å². The van der Waals surface area contributed by atoms with E-state index in [0.717, 1.165) is 21.2 Å². The molecule has 0 atom stereocenters. The van der Waals surface area contributed by atoms with Crippen molar-refractivity contribution in [1.29, 1.82) is 0 Å². The molecule has 1 N–H and O–H groups in total. The maximum absolute atomic E-state index is 12.2. The number of rotatable bonds is 6. The zero-order valence-corrected chi connectivity index (χ0v) is 16.8. The normalized spacial score (nSPS) is 13.0. The minimum atomic E-state index is -0.338. The van der Waals surface area contributed by atoms with Crippen LogP contribution in [0.5, 0.6) is 5.75 Å². The number of thioether (sulfide) groups is 1. The van der Waals surface area contributed by atoms with Crippen molar-refractivity contribution in [2.75, 3.05) is 31.8 Å². The Kier molecular flexibility index (Phi) is 6.57. The maximum atomic E-state index is 12.2. The molecule has 1 aliphatic rings. The molecule has 0 saturated carbocycles. The Morgan fingerprint density at radius 1 is 1.30 bits per heavy atom. The second-order valence-corrected chi connectivity index (χ2v) is 8.10. The molecule has 2 aromatic rings. The minimum Gasteiger partial charge on any atom is -0.497 e. The van der Waals surface area contributed by atoms with Crippen molar-refractivity contribution in [2.45, 2.75) is 24.3 Å². The number of nitrogens with zero attached hydrogens (tertiary/aromatic N) is 2. The highest BCUT2D eigenvalue weighted by molar-refractivity contribution is 7.99. The highest BCUT2D eigenvalue weighted by atomic mass is 32.2. The number of carbonyl (C=O) groups is 2. The van der Waals surface area contributed by atoms with Crippen LogP contribution in [0.3, 0.4) is 0 Å². The molecule has 0 radical (unpaired) electrons. The van der Waals surface area contributed by atoms with Crippen molar-refractivity contribution in [3.63, 3.8) is 0 Å². The molecule has 2 amide bonds. The summed E-state index contributed by atoms with van der Waals surface area (Å²) in [5.74, 6) is 1.43. The largest absolute Gasteiger partial charge is 0.497 e. The first-order valence-electron chi connectivity index (χ1n) is 8.47. The molecule has 0 bridgehead atoms. The molecule has 1 aromatic carbocycles. The Hall–Kier alpha value is -2.26. The SMILES string of the molecule is COC(=O)N1CCc2nc(NC(=O)CCSc3ccc(OC)cc3)sc2C1. The van der Waals surface area contributed by atoms with E-state index in [0.29, 0.717) is 36.8 Å². The van der Waals surface area contributed by atoms with Crippen molar-refractivity contribution in [3.8, 4) is 5.75 Å². The van der Waals surface area contributed by atoms with Crippen LogP contribution in [0.25, 0.3) is 0 Å². The van der Waals surface area contributed by atoms with Gasteiger partial charge in [-0.1, -0.05) is 11.3 Å². The zero-order valence-electron chi connectivity index (χ0n) is 15.2. The number of anilines is 1. The highest BCUT2D eigenvalue weighted by Crippen LogP contribution is 2.29. The Balaban J connectivity index is 1.47. The lowest BCUT2D eigenvalue weighted by Gasteiger charge is -2.24. The van der Waals surface area contributed by atoms with Gasteiger partial charge in [-0.25, -0.2) is 9.78 Å². The van der Waals surface area contributed by atoms with Gasteiger partial charge in [-0.15, -0.1) is 11.8 Å². The molecule has 0 spiro atoms. The van der Waals surface area contributed by atoms with Crippen LogP contribution in [0.2, 0.25) is 0 Å². The molecular weight excluding hydrogens is 386 g/mol. The third-order valence-corrected chi connectivity index (χ3v) is 6.08. The number of fused-ring (bicyclic) bond motifs is 1. The molecule has 0 aliphatic carbocycles. The Bertz CT molecular complexity index is 807. The Morgan fingerprint density at radius 2 is 2.07 bits per heavy atom. The first-order valence-corrected chi connectivity index (χ1v) is 10.3.